The van der Waals surface area contributed by atoms with Crippen molar-refractivity contribution >= 4 is 5.91 Å². The Morgan fingerprint density at radius 1 is 1.19 bits per heavy atom. The third-order valence-electron chi connectivity index (χ3n) is 4.21. The van der Waals surface area contributed by atoms with Gasteiger partial charge in [-0.3, -0.25) is 9.69 Å². The van der Waals surface area contributed by atoms with Gasteiger partial charge in [-0.05, 0) is 12.1 Å². The predicted octanol–water partition coefficient (Wildman–Crippen LogP) is 0.572. The van der Waals surface area contributed by atoms with Crippen molar-refractivity contribution in [3.8, 4) is 5.75 Å². The fraction of sp³-hybridized carbons (Fsp3) is 0.562. The molecule has 0 atom stereocenters. The van der Waals surface area contributed by atoms with Gasteiger partial charge in [0.05, 0.1) is 13.0 Å². The summed E-state index contributed by atoms with van der Waals surface area (Å²) >= 11 is 0. The fourth-order valence-corrected chi connectivity index (χ4v) is 2.87. The second-order valence-corrected chi connectivity index (χ2v) is 5.65. The van der Waals surface area contributed by atoms with Gasteiger partial charge in [0.25, 0.3) is 0 Å². The Labute approximate surface area is 125 Å². The molecule has 2 aliphatic heterocycles. The normalized spacial score (nSPS) is 20.1. The van der Waals surface area contributed by atoms with Crippen LogP contribution in [0.1, 0.15) is 6.42 Å². The van der Waals surface area contributed by atoms with Crippen LogP contribution in [0.5, 0.6) is 5.75 Å². The zero-order chi connectivity index (χ0) is 14.5. The third kappa shape index (κ3) is 3.74. The monoisotopic (exact) mass is 289 g/mol. The van der Waals surface area contributed by atoms with Crippen LogP contribution in [-0.4, -0.2) is 67.6 Å². The van der Waals surface area contributed by atoms with E-state index < -0.39 is 0 Å². The molecule has 2 aliphatic rings. The molecule has 2 saturated heterocycles. The molecule has 5 heteroatoms. The third-order valence-corrected chi connectivity index (χ3v) is 4.21. The number of para-hydroxylation sites is 1. The minimum absolute atomic E-state index is 0.206. The highest BCUT2D eigenvalue weighted by atomic mass is 16.5. The lowest BCUT2D eigenvalue weighted by atomic mass is 10.1. The van der Waals surface area contributed by atoms with Crippen molar-refractivity contribution in [1.29, 1.82) is 0 Å². The number of hydrogen-bond acceptors (Lipinski definition) is 4. The highest BCUT2D eigenvalue weighted by molar-refractivity contribution is 5.77. The molecule has 0 bridgehead atoms. The SMILES string of the molecule is O=C(CCOc1ccccc1)N1CC(N2CCNCC2)C1. The number of piperazine rings is 1. The summed E-state index contributed by atoms with van der Waals surface area (Å²) in [7, 11) is 0. The number of hydrogen-bond donors (Lipinski definition) is 1. The molecule has 21 heavy (non-hydrogen) atoms. The van der Waals surface area contributed by atoms with Gasteiger partial charge in [-0.1, -0.05) is 18.2 Å². The van der Waals surface area contributed by atoms with Gasteiger partial charge in [0.2, 0.25) is 5.91 Å². The van der Waals surface area contributed by atoms with Crippen LogP contribution in [0.25, 0.3) is 0 Å². The Kier molecular flexibility index (Phi) is 4.72. The smallest absolute Gasteiger partial charge is 0.226 e. The van der Waals surface area contributed by atoms with E-state index in [9.17, 15) is 4.79 Å². The number of ether oxygens (including phenoxy) is 1. The van der Waals surface area contributed by atoms with E-state index in [-0.39, 0.29) is 5.91 Å². The van der Waals surface area contributed by atoms with Crippen molar-refractivity contribution in [3.05, 3.63) is 30.3 Å². The van der Waals surface area contributed by atoms with E-state index in [1.165, 1.54) is 0 Å². The minimum Gasteiger partial charge on any atom is -0.493 e. The van der Waals surface area contributed by atoms with Gasteiger partial charge in [0, 0.05) is 45.3 Å². The summed E-state index contributed by atoms with van der Waals surface area (Å²) in [5.74, 6) is 1.03. The molecular weight excluding hydrogens is 266 g/mol. The summed E-state index contributed by atoms with van der Waals surface area (Å²) < 4.78 is 5.57. The Morgan fingerprint density at radius 3 is 2.62 bits per heavy atom. The first kappa shape index (κ1) is 14.4. The summed E-state index contributed by atoms with van der Waals surface area (Å²) in [6.45, 7) is 6.55. The number of carbonyl (C=O) groups is 1. The number of likely N-dealkylation sites (tertiary alicyclic amines) is 1. The van der Waals surface area contributed by atoms with Gasteiger partial charge in [-0.25, -0.2) is 0 Å². The number of carbonyl (C=O) groups excluding carboxylic acids is 1. The minimum atomic E-state index is 0.206. The highest BCUT2D eigenvalue weighted by Gasteiger charge is 2.34. The molecule has 5 nitrogen and oxygen atoms in total. The fourth-order valence-electron chi connectivity index (χ4n) is 2.87. The van der Waals surface area contributed by atoms with Crippen molar-refractivity contribution < 1.29 is 9.53 Å². The molecule has 2 fully saturated rings. The van der Waals surface area contributed by atoms with Crippen LogP contribution < -0.4 is 10.1 Å². The Balaban J connectivity index is 1.34. The van der Waals surface area contributed by atoms with Gasteiger partial charge in [-0.2, -0.15) is 0 Å². The summed E-state index contributed by atoms with van der Waals surface area (Å²) in [6, 6.07) is 10.2. The van der Waals surface area contributed by atoms with Crippen molar-refractivity contribution in [2.24, 2.45) is 0 Å². The molecule has 1 amide bonds. The van der Waals surface area contributed by atoms with Crippen LogP contribution >= 0.6 is 0 Å². The molecule has 0 saturated carbocycles. The van der Waals surface area contributed by atoms with E-state index in [1.54, 1.807) is 0 Å². The van der Waals surface area contributed by atoms with Crippen molar-refractivity contribution in [1.82, 2.24) is 15.1 Å². The molecule has 0 aliphatic carbocycles. The summed E-state index contributed by atoms with van der Waals surface area (Å²) in [5, 5.41) is 3.36. The lowest BCUT2D eigenvalue weighted by Gasteiger charge is -2.46. The second kappa shape index (κ2) is 6.91. The predicted molar refractivity (Wildman–Crippen MR) is 81.4 cm³/mol. The molecule has 0 unspecified atom stereocenters. The first-order chi connectivity index (χ1) is 10.3. The van der Waals surface area contributed by atoms with Crippen LogP contribution in [0, 0.1) is 0 Å². The number of nitrogens with zero attached hydrogens (tertiary/aromatic N) is 2. The van der Waals surface area contributed by atoms with Crippen LogP contribution in [0.4, 0.5) is 0 Å². The molecule has 114 valence electrons. The van der Waals surface area contributed by atoms with E-state index in [0.29, 0.717) is 19.1 Å². The Bertz CT molecular complexity index is 454. The van der Waals surface area contributed by atoms with Gasteiger partial charge >= 0.3 is 0 Å². The maximum absolute atomic E-state index is 12.1. The molecule has 1 N–H and O–H groups in total. The molecule has 0 aromatic heterocycles. The summed E-state index contributed by atoms with van der Waals surface area (Å²) in [4.78, 5) is 16.5. The second-order valence-electron chi connectivity index (χ2n) is 5.65. The molecular formula is C16H23N3O2. The number of benzene rings is 1. The molecule has 2 heterocycles. The van der Waals surface area contributed by atoms with E-state index in [2.05, 4.69) is 10.2 Å². The topological polar surface area (TPSA) is 44.8 Å². The van der Waals surface area contributed by atoms with Gasteiger partial charge in [0.1, 0.15) is 5.75 Å². The Morgan fingerprint density at radius 2 is 1.90 bits per heavy atom. The van der Waals surface area contributed by atoms with Crippen LogP contribution in [0.2, 0.25) is 0 Å². The number of amides is 1. The van der Waals surface area contributed by atoms with Crippen LogP contribution in [-0.2, 0) is 4.79 Å². The average molecular weight is 289 g/mol. The Hall–Kier alpha value is -1.59. The maximum atomic E-state index is 12.1. The molecule has 1 aromatic rings. The van der Waals surface area contributed by atoms with Crippen molar-refractivity contribution in [2.45, 2.75) is 12.5 Å². The zero-order valence-electron chi connectivity index (χ0n) is 12.3. The molecule has 1 aromatic carbocycles. The summed E-state index contributed by atoms with van der Waals surface area (Å²) in [5.41, 5.74) is 0. The van der Waals surface area contributed by atoms with Crippen LogP contribution in [0.3, 0.4) is 0 Å². The number of nitrogens with one attached hydrogen (secondary N) is 1. The molecule has 3 rings (SSSR count). The first-order valence-electron chi connectivity index (χ1n) is 7.73. The van der Waals surface area contributed by atoms with Gasteiger partial charge < -0.3 is 15.0 Å². The average Bonchev–Trinajstić information content (AvgIpc) is 2.48. The van der Waals surface area contributed by atoms with Gasteiger partial charge in [-0.15, -0.1) is 0 Å². The van der Waals surface area contributed by atoms with E-state index in [4.69, 9.17) is 4.74 Å². The van der Waals surface area contributed by atoms with E-state index >= 15 is 0 Å². The lowest BCUT2D eigenvalue weighted by molar-refractivity contribution is -0.139. The first-order valence-corrected chi connectivity index (χ1v) is 7.73. The standard InChI is InChI=1S/C16H23N3O2/c20-16(6-11-21-15-4-2-1-3-5-15)19-12-14(13-19)18-9-7-17-8-10-18/h1-5,14,17H,6-13H2. The van der Waals surface area contributed by atoms with Crippen molar-refractivity contribution in [2.75, 3.05) is 45.9 Å². The largest absolute Gasteiger partial charge is 0.493 e. The highest BCUT2D eigenvalue weighted by Crippen LogP contribution is 2.17. The van der Waals surface area contributed by atoms with Crippen LogP contribution in [0.15, 0.2) is 30.3 Å². The molecule has 0 spiro atoms. The van der Waals surface area contributed by atoms with E-state index in [1.807, 2.05) is 35.2 Å². The lowest BCUT2D eigenvalue weighted by Crippen LogP contribution is -2.63. The summed E-state index contributed by atoms with van der Waals surface area (Å²) in [6.07, 6.45) is 0.461. The van der Waals surface area contributed by atoms with E-state index in [0.717, 1.165) is 45.0 Å². The quantitative estimate of drug-likeness (QED) is 0.861. The maximum Gasteiger partial charge on any atom is 0.226 e. The van der Waals surface area contributed by atoms with Gasteiger partial charge in [0.15, 0.2) is 0 Å². The molecule has 0 radical (unpaired) electrons. The zero-order valence-corrected chi connectivity index (χ0v) is 12.3. The number of rotatable bonds is 5. The van der Waals surface area contributed by atoms with Crippen molar-refractivity contribution in [3.63, 3.8) is 0 Å².